The Kier molecular flexibility index (Phi) is 4.27. The van der Waals surface area contributed by atoms with E-state index in [2.05, 4.69) is 0 Å². The fourth-order valence-corrected chi connectivity index (χ4v) is 2.91. The molecular weight excluding hydrogens is 285 g/mol. The van der Waals surface area contributed by atoms with E-state index in [4.69, 9.17) is 4.74 Å². The molecule has 1 amide bonds. The zero-order chi connectivity index (χ0) is 14.8. The predicted molar refractivity (Wildman–Crippen MR) is 71.5 cm³/mol. The molecule has 0 bridgehead atoms. The quantitative estimate of drug-likeness (QED) is 0.773. The lowest BCUT2D eigenvalue weighted by Gasteiger charge is -2.18. The lowest BCUT2D eigenvalue weighted by molar-refractivity contribution is -0.128. The van der Waals surface area contributed by atoms with Gasteiger partial charge >= 0.3 is 10.2 Å². The number of hydrogen-bond donors (Lipinski definition) is 0. The van der Waals surface area contributed by atoms with E-state index >= 15 is 0 Å². The fraction of sp³-hybridized carbons (Fsp3) is 0.462. The smallest absolute Gasteiger partial charge is 0.307 e. The summed E-state index contributed by atoms with van der Waals surface area (Å²) in [6.45, 7) is 2.45. The molecule has 1 atom stereocenters. The summed E-state index contributed by atoms with van der Waals surface area (Å²) >= 11 is 0. The molecule has 20 heavy (non-hydrogen) atoms. The molecule has 1 aliphatic heterocycles. The lowest BCUT2D eigenvalue weighted by atomic mass is 10.2. The molecule has 1 aliphatic rings. The third-order valence-electron chi connectivity index (χ3n) is 3.21. The van der Waals surface area contributed by atoms with Crippen molar-refractivity contribution in [2.75, 3.05) is 13.2 Å². The van der Waals surface area contributed by atoms with Crippen LogP contribution in [0.2, 0.25) is 0 Å². The fourth-order valence-electron chi connectivity index (χ4n) is 2.21. The van der Waals surface area contributed by atoms with Crippen LogP contribution >= 0.6 is 0 Å². The second kappa shape index (κ2) is 5.78. The van der Waals surface area contributed by atoms with Crippen molar-refractivity contribution < 1.29 is 21.8 Å². The molecule has 1 aromatic rings. The molecule has 1 saturated heterocycles. The number of halogens is 1. The molecule has 1 heterocycles. The lowest BCUT2D eigenvalue weighted by Crippen LogP contribution is -2.27. The van der Waals surface area contributed by atoms with E-state index in [0.29, 0.717) is 12.4 Å². The molecule has 0 radical (unpaired) electrons. The van der Waals surface area contributed by atoms with Gasteiger partial charge in [-0.25, -0.2) is 0 Å². The molecule has 0 spiro atoms. The maximum atomic E-state index is 12.9. The van der Waals surface area contributed by atoms with Gasteiger partial charge in [0.15, 0.2) is 0 Å². The first-order chi connectivity index (χ1) is 9.41. The van der Waals surface area contributed by atoms with Crippen LogP contribution in [0.5, 0.6) is 5.75 Å². The molecule has 1 fully saturated rings. The van der Waals surface area contributed by atoms with E-state index in [1.165, 1.54) is 4.90 Å². The summed E-state index contributed by atoms with van der Waals surface area (Å²) in [6.07, 6.45) is -0.296. The van der Waals surface area contributed by atoms with Gasteiger partial charge in [-0.3, -0.25) is 4.79 Å². The summed E-state index contributed by atoms with van der Waals surface area (Å²) in [5.74, 6) is 0.289. The van der Waals surface area contributed by atoms with Crippen LogP contribution in [0.4, 0.5) is 3.89 Å². The first-order valence-corrected chi connectivity index (χ1v) is 7.78. The van der Waals surface area contributed by atoms with Gasteiger partial charge in [-0.2, -0.15) is 8.42 Å². The highest BCUT2D eigenvalue weighted by molar-refractivity contribution is 7.87. The van der Waals surface area contributed by atoms with Crippen molar-refractivity contribution in [3.05, 3.63) is 29.8 Å². The number of carbonyl (C=O) groups is 1. The number of benzene rings is 1. The Morgan fingerprint density at radius 1 is 1.40 bits per heavy atom. The number of ether oxygens (including phenoxy) is 1. The molecule has 5 nitrogen and oxygen atoms in total. The van der Waals surface area contributed by atoms with Crippen LogP contribution in [0.3, 0.4) is 0 Å². The van der Waals surface area contributed by atoms with Crippen LogP contribution < -0.4 is 4.74 Å². The van der Waals surface area contributed by atoms with E-state index in [0.717, 1.165) is 5.56 Å². The Balaban J connectivity index is 2.13. The summed E-state index contributed by atoms with van der Waals surface area (Å²) in [7, 11) is -4.67. The zero-order valence-corrected chi connectivity index (χ0v) is 11.9. The largest absolute Gasteiger partial charge is 0.494 e. The minimum absolute atomic E-state index is 0.113. The van der Waals surface area contributed by atoms with Crippen molar-refractivity contribution in [2.45, 2.75) is 25.1 Å². The normalized spacial score (nSPS) is 19.4. The maximum absolute atomic E-state index is 12.9. The molecule has 110 valence electrons. The predicted octanol–water partition coefficient (Wildman–Crippen LogP) is 1.49. The number of amides is 1. The summed E-state index contributed by atoms with van der Waals surface area (Å²) in [5.41, 5.74) is 0.777. The minimum atomic E-state index is -4.67. The average Bonchev–Trinajstić information content (AvgIpc) is 2.74. The third-order valence-corrected chi connectivity index (χ3v) is 4.32. The number of likely N-dealkylation sites (tertiary alicyclic amines) is 1. The highest BCUT2D eigenvalue weighted by Gasteiger charge is 2.38. The monoisotopic (exact) mass is 301 g/mol. The summed E-state index contributed by atoms with van der Waals surface area (Å²) in [6, 6.07) is 7.20. The van der Waals surface area contributed by atoms with Gasteiger partial charge in [-0.15, -0.1) is 3.89 Å². The van der Waals surface area contributed by atoms with Gasteiger partial charge in [0, 0.05) is 25.1 Å². The Morgan fingerprint density at radius 2 is 2.10 bits per heavy atom. The van der Waals surface area contributed by atoms with Crippen LogP contribution in [0.1, 0.15) is 18.9 Å². The van der Waals surface area contributed by atoms with E-state index in [1.54, 1.807) is 12.1 Å². The topological polar surface area (TPSA) is 63.7 Å². The third kappa shape index (κ3) is 3.27. The van der Waals surface area contributed by atoms with Gasteiger partial charge in [-0.05, 0) is 13.0 Å². The number of hydrogen-bond acceptors (Lipinski definition) is 4. The molecule has 0 aromatic heterocycles. The van der Waals surface area contributed by atoms with E-state index in [1.807, 2.05) is 19.1 Å². The van der Waals surface area contributed by atoms with Crippen LogP contribution in [0, 0.1) is 0 Å². The SMILES string of the molecule is CCOc1ccccc1CN1CC(S(=O)(=O)F)CC1=O. The first kappa shape index (κ1) is 14.8. The highest BCUT2D eigenvalue weighted by atomic mass is 32.3. The summed E-state index contributed by atoms with van der Waals surface area (Å²) in [4.78, 5) is 13.1. The van der Waals surface area contributed by atoms with E-state index < -0.39 is 15.5 Å². The van der Waals surface area contributed by atoms with E-state index in [9.17, 15) is 17.1 Å². The van der Waals surface area contributed by atoms with Gasteiger partial charge in [0.2, 0.25) is 5.91 Å². The maximum Gasteiger partial charge on any atom is 0.307 e. The van der Waals surface area contributed by atoms with Crippen LogP contribution in [0.15, 0.2) is 24.3 Å². The van der Waals surface area contributed by atoms with Crippen LogP contribution in [-0.2, 0) is 21.6 Å². The number of nitrogens with zero attached hydrogens (tertiary/aromatic N) is 1. The second-order valence-electron chi connectivity index (χ2n) is 4.62. The van der Waals surface area contributed by atoms with Crippen molar-refractivity contribution in [3.63, 3.8) is 0 Å². The summed E-state index contributed by atoms with van der Waals surface area (Å²) in [5, 5.41) is -1.26. The molecule has 0 N–H and O–H groups in total. The van der Waals surface area contributed by atoms with Gasteiger partial charge in [0.1, 0.15) is 11.0 Å². The van der Waals surface area contributed by atoms with Crippen molar-refractivity contribution in [1.29, 1.82) is 0 Å². The van der Waals surface area contributed by atoms with Crippen LogP contribution in [-0.4, -0.2) is 37.6 Å². The summed E-state index contributed by atoms with van der Waals surface area (Å²) < 4.78 is 40.1. The second-order valence-corrected chi connectivity index (χ2v) is 6.23. The number of carbonyl (C=O) groups excluding carboxylic acids is 1. The van der Waals surface area contributed by atoms with Gasteiger partial charge in [0.05, 0.1) is 6.61 Å². The Morgan fingerprint density at radius 3 is 2.70 bits per heavy atom. The van der Waals surface area contributed by atoms with Crippen molar-refractivity contribution in [3.8, 4) is 5.75 Å². The first-order valence-electron chi connectivity index (χ1n) is 6.33. The van der Waals surface area contributed by atoms with E-state index in [-0.39, 0.29) is 25.4 Å². The Labute approximate surface area is 117 Å². The molecular formula is C13H16FNO4S. The van der Waals surface area contributed by atoms with Crippen LogP contribution in [0.25, 0.3) is 0 Å². The standard InChI is InChI=1S/C13H16FNO4S/c1-2-19-12-6-4-3-5-10(12)8-15-9-11(7-13(15)16)20(14,17)18/h3-6,11H,2,7-9H2,1H3. The minimum Gasteiger partial charge on any atom is -0.494 e. The molecule has 1 aromatic carbocycles. The molecule has 2 rings (SSSR count). The number of para-hydroxylation sites is 1. The zero-order valence-electron chi connectivity index (χ0n) is 11.1. The Bertz CT molecular complexity index is 602. The molecule has 0 saturated carbocycles. The Hall–Kier alpha value is -1.63. The number of rotatable bonds is 5. The average molecular weight is 301 g/mol. The molecule has 0 aliphatic carbocycles. The van der Waals surface area contributed by atoms with Gasteiger partial charge in [-0.1, -0.05) is 18.2 Å². The molecule has 7 heteroatoms. The van der Waals surface area contributed by atoms with Crippen molar-refractivity contribution >= 4 is 16.1 Å². The van der Waals surface area contributed by atoms with Crippen molar-refractivity contribution in [1.82, 2.24) is 4.90 Å². The van der Waals surface area contributed by atoms with Crippen molar-refractivity contribution in [2.24, 2.45) is 0 Å². The van der Waals surface area contributed by atoms with Gasteiger partial charge < -0.3 is 9.64 Å². The molecule has 1 unspecified atom stereocenters. The van der Waals surface area contributed by atoms with Gasteiger partial charge in [0.25, 0.3) is 0 Å². The highest BCUT2D eigenvalue weighted by Crippen LogP contribution is 2.25.